The van der Waals surface area contributed by atoms with Gasteiger partial charge in [0.2, 0.25) is 0 Å². The number of carbonyl (C=O) groups excluding carboxylic acids is 1. The molecule has 17 heavy (non-hydrogen) atoms. The number of ether oxygens (including phenoxy) is 1. The van der Waals surface area contributed by atoms with Crippen molar-refractivity contribution in [2.24, 2.45) is 0 Å². The van der Waals surface area contributed by atoms with Crippen molar-refractivity contribution >= 4 is 6.09 Å². The summed E-state index contributed by atoms with van der Waals surface area (Å²) >= 11 is 0. The van der Waals surface area contributed by atoms with Crippen LogP contribution in [0, 0.1) is 11.6 Å². The van der Waals surface area contributed by atoms with Gasteiger partial charge < -0.3 is 15.2 Å². The van der Waals surface area contributed by atoms with Crippen molar-refractivity contribution in [1.82, 2.24) is 5.32 Å². The fraction of sp³-hybridized carbons (Fsp3) is 0.364. The van der Waals surface area contributed by atoms with Gasteiger partial charge in [-0.05, 0) is 19.1 Å². The van der Waals surface area contributed by atoms with Crippen LogP contribution in [-0.4, -0.2) is 24.4 Å². The molecule has 0 saturated heterocycles. The molecule has 0 fully saturated rings. The Bertz CT molecular complexity index is 378. The van der Waals surface area contributed by atoms with E-state index in [0.717, 1.165) is 12.1 Å². The van der Waals surface area contributed by atoms with Crippen LogP contribution in [0.15, 0.2) is 18.2 Å². The monoisotopic (exact) mass is 245 g/mol. The first-order valence-electron chi connectivity index (χ1n) is 5.04. The van der Waals surface area contributed by atoms with E-state index in [9.17, 15) is 13.6 Å². The molecule has 1 aromatic carbocycles. The molecule has 0 bridgehead atoms. The molecule has 1 rings (SSSR count). The Kier molecular flexibility index (Phi) is 4.84. The maximum absolute atomic E-state index is 13.3. The Hall–Kier alpha value is -1.69. The number of aliphatic hydroxyl groups is 1. The van der Waals surface area contributed by atoms with Gasteiger partial charge in [0.05, 0.1) is 12.6 Å². The average molecular weight is 245 g/mol. The van der Waals surface area contributed by atoms with Gasteiger partial charge in [0, 0.05) is 5.56 Å². The van der Waals surface area contributed by atoms with E-state index in [2.05, 4.69) is 10.1 Å². The minimum absolute atomic E-state index is 0.168. The number of alkyl carbamates (subject to hydrolysis) is 1. The molecular formula is C11H13F2NO3. The zero-order chi connectivity index (χ0) is 12.8. The Morgan fingerprint density at radius 2 is 2.06 bits per heavy atom. The third-order valence-electron chi connectivity index (χ3n) is 2.09. The number of hydrogen-bond acceptors (Lipinski definition) is 3. The molecule has 1 unspecified atom stereocenters. The predicted octanol–water partition coefficient (Wildman–Crippen LogP) is 1.74. The van der Waals surface area contributed by atoms with Crippen LogP contribution in [0.4, 0.5) is 13.6 Å². The van der Waals surface area contributed by atoms with Crippen LogP contribution in [0.5, 0.6) is 0 Å². The summed E-state index contributed by atoms with van der Waals surface area (Å²) in [4.78, 5) is 11.1. The van der Waals surface area contributed by atoms with E-state index >= 15 is 0 Å². The normalized spacial score (nSPS) is 12.0. The largest absolute Gasteiger partial charge is 0.447 e. The topological polar surface area (TPSA) is 58.6 Å². The van der Waals surface area contributed by atoms with Crippen LogP contribution in [0.2, 0.25) is 0 Å². The molecule has 2 N–H and O–H groups in total. The van der Waals surface area contributed by atoms with E-state index in [0.29, 0.717) is 0 Å². The Morgan fingerprint density at radius 3 is 2.59 bits per heavy atom. The van der Waals surface area contributed by atoms with Gasteiger partial charge in [0.1, 0.15) is 18.2 Å². The number of halogens is 2. The second kappa shape index (κ2) is 6.15. The van der Waals surface area contributed by atoms with Crippen LogP contribution in [-0.2, 0) is 4.74 Å². The lowest BCUT2D eigenvalue weighted by Crippen LogP contribution is -2.29. The number of benzene rings is 1. The summed E-state index contributed by atoms with van der Waals surface area (Å²) in [6, 6.07) is 2.60. The van der Waals surface area contributed by atoms with Crippen LogP contribution in [0.3, 0.4) is 0 Å². The Balaban J connectivity index is 2.69. The molecule has 0 saturated carbocycles. The number of carbonyl (C=O) groups is 1. The second-order valence-electron chi connectivity index (χ2n) is 3.36. The molecule has 0 heterocycles. The summed E-state index contributed by atoms with van der Waals surface area (Å²) in [5.41, 5.74) is -0.228. The Morgan fingerprint density at radius 1 is 1.47 bits per heavy atom. The highest BCUT2D eigenvalue weighted by Crippen LogP contribution is 2.20. The summed E-state index contributed by atoms with van der Waals surface area (Å²) in [6.07, 6.45) is -0.839. The minimum Gasteiger partial charge on any atom is -0.447 e. The summed E-state index contributed by atoms with van der Waals surface area (Å²) in [5, 5.41) is 10.7. The molecule has 1 amide bonds. The average Bonchev–Trinajstić information content (AvgIpc) is 2.26. The van der Waals surface area contributed by atoms with Gasteiger partial charge in [-0.25, -0.2) is 13.6 Å². The number of nitrogens with one attached hydrogen (secondary N) is 1. The molecule has 0 radical (unpaired) electrons. The van der Waals surface area contributed by atoms with Gasteiger partial charge in [-0.3, -0.25) is 0 Å². The maximum Gasteiger partial charge on any atom is 0.407 e. The van der Waals surface area contributed by atoms with Crippen molar-refractivity contribution in [2.45, 2.75) is 13.0 Å². The molecule has 1 atom stereocenters. The van der Waals surface area contributed by atoms with Crippen molar-refractivity contribution in [3.05, 3.63) is 35.4 Å². The van der Waals surface area contributed by atoms with E-state index in [1.165, 1.54) is 13.0 Å². The van der Waals surface area contributed by atoms with E-state index in [1.807, 2.05) is 0 Å². The second-order valence-corrected chi connectivity index (χ2v) is 3.36. The number of amides is 1. The van der Waals surface area contributed by atoms with E-state index in [4.69, 9.17) is 5.11 Å². The van der Waals surface area contributed by atoms with Gasteiger partial charge in [0.15, 0.2) is 0 Å². The lowest BCUT2D eigenvalue weighted by atomic mass is 10.1. The first-order valence-corrected chi connectivity index (χ1v) is 5.04. The standard InChI is InChI=1S/C11H13F2NO3/c1-7(14-11(16)17-6-5-15)10-8(12)3-2-4-9(10)13/h2-4,7,15H,5-6H2,1H3,(H,14,16). The molecule has 0 aliphatic carbocycles. The van der Waals surface area contributed by atoms with Gasteiger partial charge in [-0.15, -0.1) is 0 Å². The first-order chi connectivity index (χ1) is 8.06. The molecule has 0 aliphatic rings. The minimum atomic E-state index is -0.859. The summed E-state index contributed by atoms with van der Waals surface area (Å²) in [6.45, 7) is 0.954. The first kappa shape index (κ1) is 13.4. The van der Waals surface area contributed by atoms with E-state index in [-0.39, 0.29) is 18.8 Å². The summed E-state index contributed by atoms with van der Waals surface area (Å²) < 4.78 is 31.2. The van der Waals surface area contributed by atoms with Crippen LogP contribution >= 0.6 is 0 Å². The molecule has 0 aromatic heterocycles. The van der Waals surface area contributed by atoms with Gasteiger partial charge >= 0.3 is 6.09 Å². The highest BCUT2D eigenvalue weighted by Gasteiger charge is 2.18. The molecule has 0 aliphatic heterocycles. The molecular weight excluding hydrogens is 232 g/mol. The van der Waals surface area contributed by atoms with Crippen LogP contribution < -0.4 is 5.32 Å². The molecule has 4 nitrogen and oxygen atoms in total. The summed E-state index contributed by atoms with van der Waals surface area (Å²) in [5.74, 6) is -1.47. The van der Waals surface area contributed by atoms with E-state index < -0.39 is 23.8 Å². The van der Waals surface area contributed by atoms with Crippen molar-refractivity contribution in [3.8, 4) is 0 Å². The zero-order valence-corrected chi connectivity index (χ0v) is 9.24. The lowest BCUT2D eigenvalue weighted by Gasteiger charge is -2.15. The van der Waals surface area contributed by atoms with Crippen LogP contribution in [0.1, 0.15) is 18.5 Å². The maximum atomic E-state index is 13.3. The molecule has 6 heteroatoms. The highest BCUT2D eigenvalue weighted by atomic mass is 19.1. The van der Waals surface area contributed by atoms with Gasteiger partial charge in [0.25, 0.3) is 0 Å². The van der Waals surface area contributed by atoms with Gasteiger partial charge in [-0.2, -0.15) is 0 Å². The third kappa shape index (κ3) is 3.67. The highest BCUT2D eigenvalue weighted by molar-refractivity contribution is 5.67. The number of aliphatic hydroxyl groups excluding tert-OH is 1. The van der Waals surface area contributed by atoms with Crippen molar-refractivity contribution in [1.29, 1.82) is 0 Å². The molecule has 1 aromatic rings. The van der Waals surface area contributed by atoms with Gasteiger partial charge in [-0.1, -0.05) is 6.07 Å². The van der Waals surface area contributed by atoms with Crippen molar-refractivity contribution < 1.29 is 23.4 Å². The zero-order valence-electron chi connectivity index (χ0n) is 9.24. The smallest absolute Gasteiger partial charge is 0.407 e. The SMILES string of the molecule is CC(NC(=O)OCCO)c1c(F)cccc1F. The summed E-state index contributed by atoms with van der Waals surface area (Å²) in [7, 11) is 0. The van der Waals surface area contributed by atoms with Crippen LogP contribution in [0.25, 0.3) is 0 Å². The number of rotatable bonds is 4. The predicted molar refractivity (Wildman–Crippen MR) is 56.3 cm³/mol. The molecule has 94 valence electrons. The fourth-order valence-electron chi connectivity index (χ4n) is 1.35. The van der Waals surface area contributed by atoms with Crippen molar-refractivity contribution in [3.63, 3.8) is 0 Å². The lowest BCUT2D eigenvalue weighted by molar-refractivity contribution is 0.116. The number of hydrogen-bond donors (Lipinski definition) is 2. The Labute approximate surface area is 97.2 Å². The fourth-order valence-corrected chi connectivity index (χ4v) is 1.35. The van der Waals surface area contributed by atoms with E-state index in [1.54, 1.807) is 0 Å². The third-order valence-corrected chi connectivity index (χ3v) is 2.09. The molecule has 0 spiro atoms. The quantitative estimate of drug-likeness (QED) is 0.849. The van der Waals surface area contributed by atoms with Crippen molar-refractivity contribution in [2.75, 3.05) is 13.2 Å².